The van der Waals surface area contributed by atoms with Crippen LogP contribution in [0.4, 0.5) is 0 Å². The minimum absolute atomic E-state index is 0.0239. The lowest BCUT2D eigenvalue weighted by Crippen LogP contribution is -2.43. The maximum absolute atomic E-state index is 12.8. The van der Waals surface area contributed by atoms with Gasteiger partial charge in [-0.15, -0.1) is 11.3 Å². The van der Waals surface area contributed by atoms with Crippen LogP contribution in [0.2, 0.25) is 5.02 Å². The molecule has 1 fully saturated rings. The van der Waals surface area contributed by atoms with Crippen molar-refractivity contribution in [1.29, 1.82) is 0 Å². The van der Waals surface area contributed by atoms with Gasteiger partial charge in [-0.25, -0.2) is 13.1 Å². The number of carbonyl (C=O) groups excluding carboxylic acids is 1. The molecule has 0 radical (unpaired) electrons. The third-order valence-electron chi connectivity index (χ3n) is 4.47. The van der Waals surface area contributed by atoms with Crippen molar-refractivity contribution in [2.75, 3.05) is 24.6 Å². The van der Waals surface area contributed by atoms with Crippen LogP contribution >= 0.6 is 22.9 Å². The van der Waals surface area contributed by atoms with Gasteiger partial charge in [-0.1, -0.05) is 23.7 Å². The average Bonchev–Trinajstić information content (AvgIpc) is 3.16. The summed E-state index contributed by atoms with van der Waals surface area (Å²) >= 11 is 7.65. The Morgan fingerprint density at radius 2 is 1.92 bits per heavy atom. The monoisotopic (exact) mass is 409 g/mol. The topological polar surface area (TPSA) is 72.3 Å². The zero-order valence-corrected chi connectivity index (χ0v) is 16.4. The van der Waals surface area contributed by atoms with Gasteiger partial charge < -0.3 is 4.90 Å². The Labute approximate surface area is 159 Å². The lowest BCUT2D eigenvalue weighted by molar-refractivity contribution is 0.0775. The Hall–Kier alpha value is -1.90. The quantitative estimate of drug-likeness (QED) is 0.652. The molecule has 9 heteroatoms. The van der Waals surface area contributed by atoms with E-state index in [4.69, 9.17) is 11.6 Å². The molecule has 3 aromatic rings. The molecule has 1 aliphatic rings. The maximum Gasteiger partial charge on any atom is 0.264 e. The normalized spacial score (nSPS) is 16.9. The van der Waals surface area contributed by atoms with Crippen molar-refractivity contribution in [2.24, 2.45) is 0 Å². The number of benzene rings is 1. The summed E-state index contributed by atoms with van der Waals surface area (Å²) in [4.78, 5) is 15.8. The third kappa shape index (κ3) is 3.02. The van der Waals surface area contributed by atoms with E-state index >= 15 is 0 Å². The molecule has 1 aliphatic heterocycles. The smallest absolute Gasteiger partial charge is 0.264 e. The maximum atomic E-state index is 12.8. The number of hydrogen-bond donors (Lipinski definition) is 0. The van der Waals surface area contributed by atoms with Gasteiger partial charge in [0, 0.05) is 18.5 Å². The Bertz CT molecular complexity index is 1100. The van der Waals surface area contributed by atoms with Crippen molar-refractivity contribution in [2.45, 2.75) is 6.92 Å². The minimum Gasteiger partial charge on any atom is -0.336 e. The first-order chi connectivity index (χ1) is 12.4. The van der Waals surface area contributed by atoms with Gasteiger partial charge in [-0.3, -0.25) is 4.79 Å². The molecule has 0 bridgehead atoms. The zero-order chi connectivity index (χ0) is 18.5. The molecular weight excluding hydrogens is 394 g/mol. The summed E-state index contributed by atoms with van der Waals surface area (Å²) in [6, 6.07) is 9.25. The van der Waals surface area contributed by atoms with E-state index in [2.05, 4.69) is 5.10 Å². The molecule has 0 atom stereocenters. The number of para-hydroxylation sites is 1. The van der Waals surface area contributed by atoms with Crippen LogP contribution < -0.4 is 0 Å². The summed E-state index contributed by atoms with van der Waals surface area (Å²) in [7, 11) is -3.02. The molecule has 26 heavy (non-hydrogen) atoms. The molecular formula is C17H16ClN3O3S2. The Morgan fingerprint density at radius 1 is 1.23 bits per heavy atom. The highest BCUT2D eigenvalue weighted by molar-refractivity contribution is 7.91. The van der Waals surface area contributed by atoms with Crippen molar-refractivity contribution in [3.05, 3.63) is 45.9 Å². The highest BCUT2D eigenvalue weighted by atomic mass is 35.5. The van der Waals surface area contributed by atoms with Crippen molar-refractivity contribution in [3.8, 4) is 5.69 Å². The standard InChI is InChI=1S/C17H16ClN3O3S2/c1-11-12-10-15(16(22)20-6-8-26(23,24)9-7-20)25-17(12)21(19-11)14-5-3-2-4-13(14)18/h2-5,10H,6-9H2,1H3. The number of halogens is 1. The van der Waals surface area contributed by atoms with Crippen LogP contribution in [0.15, 0.2) is 30.3 Å². The van der Waals surface area contributed by atoms with E-state index < -0.39 is 9.84 Å². The second-order valence-electron chi connectivity index (χ2n) is 6.22. The van der Waals surface area contributed by atoms with E-state index in [0.717, 1.165) is 21.6 Å². The predicted molar refractivity (Wildman–Crippen MR) is 103 cm³/mol. The molecule has 2 aromatic heterocycles. The average molecular weight is 410 g/mol. The number of thiophene rings is 1. The predicted octanol–water partition coefficient (Wildman–Crippen LogP) is 2.92. The Balaban J connectivity index is 1.72. The molecule has 0 N–H and O–H groups in total. The lowest BCUT2D eigenvalue weighted by Gasteiger charge is -2.26. The third-order valence-corrected chi connectivity index (χ3v) is 7.50. The summed E-state index contributed by atoms with van der Waals surface area (Å²) < 4.78 is 24.9. The van der Waals surface area contributed by atoms with Crippen LogP contribution in [0, 0.1) is 6.92 Å². The van der Waals surface area contributed by atoms with Crippen molar-refractivity contribution in [1.82, 2.24) is 14.7 Å². The number of nitrogens with zero attached hydrogens (tertiary/aromatic N) is 3. The molecule has 0 aliphatic carbocycles. The molecule has 136 valence electrons. The van der Waals surface area contributed by atoms with Crippen molar-refractivity contribution in [3.63, 3.8) is 0 Å². The van der Waals surface area contributed by atoms with Gasteiger partial charge in [0.05, 0.1) is 32.8 Å². The van der Waals surface area contributed by atoms with Gasteiger partial charge in [0.1, 0.15) is 4.83 Å². The first-order valence-corrected chi connectivity index (χ1v) is 11.1. The largest absolute Gasteiger partial charge is 0.336 e. The van der Waals surface area contributed by atoms with E-state index in [1.54, 1.807) is 15.6 Å². The first-order valence-electron chi connectivity index (χ1n) is 8.09. The molecule has 4 rings (SSSR count). The summed E-state index contributed by atoms with van der Waals surface area (Å²) in [6.07, 6.45) is 0. The van der Waals surface area contributed by atoms with Gasteiger partial charge in [-0.05, 0) is 25.1 Å². The molecule has 3 heterocycles. The molecule has 1 amide bonds. The van der Waals surface area contributed by atoms with E-state index in [-0.39, 0.29) is 30.5 Å². The SMILES string of the molecule is Cc1nn(-c2ccccc2Cl)c2sc(C(=O)N3CCS(=O)(=O)CC3)cc12. The van der Waals surface area contributed by atoms with Crippen LogP contribution in [-0.2, 0) is 9.84 Å². The number of fused-ring (bicyclic) bond motifs is 1. The molecule has 0 saturated carbocycles. The molecule has 0 unspecified atom stereocenters. The highest BCUT2D eigenvalue weighted by Crippen LogP contribution is 2.33. The van der Waals surface area contributed by atoms with E-state index in [1.807, 2.05) is 31.2 Å². The fraction of sp³-hybridized carbons (Fsp3) is 0.294. The highest BCUT2D eigenvalue weighted by Gasteiger charge is 2.27. The van der Waals surface area contributed by atoms with Crippen molar-refractivity contribution < 1.29 is 13.2 Å². The summed E-state index contributed by atoms with van der Waals surface area (Å²) in [5.74, 6) is -0.0854. The van der Waals surface area contributed by atoms with E-state index in [1.165, 1.54) is 11.3 Å². The number of rotatable bonds is 2. The number of carbonyl (C=O) groups is 1. The number of hydrogen-bond acceptors (Lipinski definition) is 5. The molecule has 1 saturated heterocycles. The van der Waals surface area contributed by atoms with Crippen LogP contribution in [0.1, 0.15) is 15.4 Å². The molecule has 6 nitrogen and oxygen atoms in total. The second kappa shape index (κ2) is 6.37. The van der Waals surface area contributed by atoms with E-state index in [0.29, 0.717) is 9.90 Å². The molecule has 0 spiro atoms. The fourth-order valence-corrected chi connectivity index (χ4v) is 5.57. The van der Waals surface area contributed by atoms with E-state index in [9.17, 15) is 13.2 Å². The van der Waals surface area contributed by atoms with Crippen LogP contribution in [0.3, 0.4) is 0 Å². The zero-order valence-electron chi connectivity index (χ0n) is 14.0. The second-order valence-corrected chi connectivity index (χ2v) is 9.96. The van der Waals surface area contributed by atoms with Crippen LogP contribution in [0.5, 0.6) is 0 Å². The lowest BCUT2D eigenvalue weighted by atomic mass is 10.3. The number of amides is 1. The number of sulfone groups is 1. The summed E-state index contributed by atoms with van der Waals surface area (Å²) in [5, 5.41) is 6.04. The first kappa shape index (κ1) is 17.5. The van der Waals surface area contributed by atoms with Gasteiger partial charge in [0.2, 0.25) is 0 Å². The Morgan fingerprint density at radius 3 is 2.62 bits per heavy atom. The molecule has 1 aromatic carbocycles. The fourth-order valence-electron chi connectivity index (χ4n) is 3.01. The van der Waals surface area contributed by atoms with Gasteiger partial charge in [-0.2, -0.15) is 5.10 Å². The van der Waals surface area contributed by atoms with Gasteiger partial charge in [0.15, 0.2) is 9.84 Å². The van der Waals surface area contributed by atoms with Crippen LogP contribution in [0.25, 0.3) is 15.9 Å². The minimum atomic E-state index is -3.02. The number of aryl methyl sites for hydroxylation is 1. The van der Waals surface area contributed by atoms with Crippen molar-refractivity contribution >= 4 is 48.9 Å². The van der Waals surface area contributed by atoms with Gasteiger partial charge in [0.25, 0.3) is 5.91 Å². The van der Waals surface area contributed by atoms with Gasteiger partial charge >= 0.3 is 0 Å². The summed E-state index contributed by atoms with van der Waals surface area (Å²) in [6.45, 7) is 2.38. The van der Waals surface area contributed by atoms with Crippen LogP contribution in [-0.4, -0.2) is 53.6 Å². The Kier molecular flexibility index (Phi) is 4.29. The summed E-state index contributed by atoms with van der Waals surface area (Å²) in [5.41, 5.74) is 1.58. The number of aromatic nitrogens is 2.